The van der Waals surface area contributed by atoms with Gasteiger partial charge >= 0.3 is 6.03 Å². The Morgan fingerprint density at radius 1 is 1.36 bits per heavy atom. The molecular formula is C13H10ClFN4O2S. The molecule has 1 aromatic carbocycles. The van der Waals surface area contributed by atoms with Crippen molar-refractivity contribution in [3.05, 3.63) is 45.7 Å². The first-order chi connectivity index (χ1) is 10.4. The molecule has 1 unspecified atom stereocenters. The molecule has 9 heteroatoms. The Balaban J connectivity index is 1.90. The lowest BCUT2D eigenvalue weighted by Crippen LogP contribution is -2.40. The summed E-state index contributed by atoms with van der Waals surface area (Å²) in [6.45, 7) is 1.51. The summed E-state index contributed by atoms with van der Waals surface area (Å²) in [7, 11) is 0. The van der Waals surface area contributed by atoms with Crippen LogP contribution in [0.2, 0.25) is 4.34 Å². The Kier molecular flexibility index (Phi) is 3.57. The van der Waals surface area contributed by atoms with Gasteiger partial charge in [-0.1, -0.05) is 28.2 Å². The fourth-order valence-electron chi connectivity index (χ4n) is 2.26. The molecule has 1 atom stereocenters. The summed E-state index contributed by atoms with van der Waals surface area (Å²) in [5, 5.41) is 6.42. The molecule has 6 nitrogen and oxygen atoms in total. The van der Waals surface area contributed by atoms with Gasteiger partial charge in [-0.25, -0.2) is 9.18 Å². The second kappa shape index (κ2) is 5.29. The van der Waals surface area contributed by atoms with Crippen molar-refractivity contribution >= 4 is 35.1 Å². The Hall–Kier alpha value is -2.06. The van der Waals surface area contributed by atoms with E-state index in [1.54, 1.807) is 6.92 Å². The average Bonchev–Trinajstić information content (AvgIpc) is 2.97. The predicted molar refractivity (Wildman–Crippen MR) is 77.8 cm³/mol. The molecule has 3 rings (SSSR count). The third-order valence-corrected chi connectivity index (χ3v) is 4.50. The van der Waals surface area contributed by atoms with Crippen molar-refractivity contribution in [2.75, 3.05) is 0 Å². The standard InChI is InChI=1S/C13H10ClFN4O2S/c1-13(7-2-4-8(15)5-3-7)11(20)19(12(21)16-13)6-9-10(14)22-18-17-9/h2-5H,6H2,1H3,(H,16,21). The number of carbonyl (C=O) groups is 2. The van der Waals surface area contributed by atoms with Crippen LogP contribution in [0.15, 0.2) is 24.3 Å². The average molecular weight is 341 g/mol. The molecular weight excluding hydrogens is 331 g/mol. The molecule has 1 fully saturated rings. The van der Waals surface area contributed by atoms with Crippen LogP contribution in [0, 0.1) is 5.82 Å². The fraction of sp³-hybridized carbons (Fsp3) is 0.231. The van der Waals surface area contributed by atoms with E-state index in [9.17, 15) is 14.0 Å². The number of rotatable bonds is 3. The molecule has 1 aliphatic heterocycles. The van der Waals surface area contributed by atoms with Crippen LogP contribution in [-0.4, -0.2) is 26.4 Å². The molecule has 0 bridgehead atoms. The second-order valence-corrected chi connectivity index (χ2v) is 6.30. The molecule has 22 heavy (non-hydrogen) atoms. The molecule has 1 aromatic heterocycles. The zero-order valence-electron chi connectivity index (χ0n) is 11.3. The zero-order chi connectivity index (χ0) is 15.9. The van der Waals surface area contributed by atoms with Crippen molar-refractivity contribution < 1.29 is 14.0 Å². The Bertz CT molecular complexity index is 751. The summed E-state index contributed by atoms with van der Waals surface area (Å²) in [5.41, 5.74) is -0.392. The van der Waals surface area contributed by atoms with E-state index in [0.29, 0.717) is 15.6 Å². The van der Waals surface area contributed by atoms with Gasteiger partial charge in [-0.3, -0.25) is 9.69 Å². The third-order valence-electron chi connectivity index (χ3n) is 3.51. The van der Waals surface area contributed by atoms with Crippen LogP contribution >= 0.6 is 23.1 Å². The highest BCUT2D eigenvalue weighted by Crippen LogP contribution is 2.30. The van der Waals surface area contributed by atoms with Gasteiger partial charge in [-0.05, 0) is 24.6 Å². The predicted octanol–water partition coefficient (Wildman–Crippen LogP) is 2.30. The van der Waals surface area contributed by atoms with Crippen molar-refractivity contribution in [2.45, 2.75) is 19.0 Å². The number of benzene rings is 1. The van der Waals surface area contributed by atoms with Crippen molar-refractivity contribution in [3.63, 3.8) is 0 Å². The highest BCUT2D eigenvalue weighted by molar-refractivity contribution is 7.10. The maximum atomic E-state index is 13.0. The summed E-state index contributed by atoms with van der Waals surface area (Å²) < 4.78 is 17.0. The van der Waals surface area contributed by atoms with Crippen LogP contribution in [0.5, 0.6) is 0 Å². The normalized spacial score (nSPS) is 21.3. The van der Waals surface area contributed by atoms with Crippen LogP contribution in [0.1, 0.15) is 18.2 Å². The molecule has 2 heterocycles. The number of hydrogen-bond acceptors (Lipinski definition) is 5. The SMILES string of the molecule is CC1(c2ccc(F)cc2)NC(=O)N(Cc2nnsc2Cl)C1=O. The van der Waals surface area contributed by atoms with Crippen LogP contribution in [0.3, 0.4) is 0 Å². The number of amides is 3. The molecule has 114 valence electrons. The molecule has 0 spiro atoms. The number of nitrogens with zero attached hydrogens (tertiary/aromatic N) is 3. The molecule has 0 radical (unpaired) electrons. The van der Waals surface area contributed by atoms with Gasteiger partial charge in [0.1, 0.15) is 21.4 Å². The lowest BCUT2D eigenvalue weighted by molar-refractivity contribution is -0.131. The molecule has 0 aliphatic carbocycles. The van der Waals surface area contributed by atoms with E-state index in [1.807, 2.05) is 0 Å². The smallest absolute Gasteiger partial charge is 0.319 e. The molecule has 3 amide bonds. The lowest BCUT2D eigenvalue weighted by atomic mass is 9.92. The number of hydrogen-bond donors (Lipinski definition) is 1. The maximum absolute atomic E-state index is 13.0. The van der Waals surface area contributed by atoms with E-state index < -0.39 is 23.3 Å². The van der Waals surface area contributed by atoms with Crippen molar-refractivity contribution in [2.24, 2.45) is 0 Å². The minimum atomic E-state index is -1.25. The van der Waals surface area contributed by atoms with Crippen molar-refractivity contribution in [3.8, 4) is 0 Å². The monoisotopic (exact) mass is 340 g/mol. The highest BCUT2D eigenvalue weighted by atomic mass is 35.5. The number of carbonyl (C=O) groups excluding carboxylic acids is 2. The second-order valence-electron chi connectivity index (χ2n) is 4.95. The van der Waals surface area contributed by atoms with Crippen molar-refractivity contribution in [1.82, 2.24) is 19.8 Å². The first-order valence-electron chi connectivity index (χ1n) is 6.28. The van der Waals surface area contributed by atoms with Crippen molar-refractivity contribution in [1.29, 1.82) is 0 Å². The molecule has 1 N–H and O–H groups in total. The first-order valence-corrected chi connectivity index (χ1v) is 7.44. The van der Waals surface area contributed by atoms with E-state index in [1.165, 1.54) is 24.3 Å². The van der Waals surface area contributed by atoms with E-state index in [4.69, 9.17) is 11.6 Å². The highest BCUT2D eigenvalue weighted by Gasteiger charge is 2.49. The fourth-order valence-corrected chi connectivity index (χ4v) is 2.87. The largest absolute Gasteiger partial charge is 0.325 e. The van der Waals surface area contributed by atoms with Gasteiger partial charge in [0.05, 0.1) is 6.54 Å². The topological polar surface area (TPSA) is 75.2 Å². The number of halogens is 2. The van der Waals surface area contributed by atoms with Gasteiger partial charge in [-0.15, -0.1) is 5.10 Å². The lowest BCUT2D eigenvalue weighted by Gasteiger charge is -2.22. The summed E-state index contributed by atoms with van der Waals surface area (Å²) in [6.07, 6.45) is 0. The van der Waals surface area contributed by atoms with Gasteiger partial charge in [-0.2, -0.15) is 0 Å². The Labute approximate surface area is 134 Å². The van der Waals surface area contributed by atoms with Gasteiger partial charge < -0.3 is 5.32 Å². The zero-order valence-corrected chi connectivity index (χ0v) is 12.9. The minimum Gasteiger partial charge on any atom is -0.319 e. The number of imide groups is 1. The van der Waals surface area contributed by atoms with E-state index >= 15 is 0 Å². The summed E-state index contributed by atoms with van der Waals surface area (Å²) in [4.78, 5) is 25.8. The van der Waals surface area contributed by atoms with E-state index in [-0.39, 0.29) is 6.54 Å². The minimum absolute atomic E-state index is 0.0587. The van der Waals surface area contributed by atoms with Gasteiger partial charge in [0.25, 0.3) is 5.91 Å². The summed E-state index contributed by atoms with van der Waals surface area (Å²) in [6, 6.07) is 4.86. The molecule has 0 saturated carbocycles. The first kappa shape index (κ1) is 14.9. The Morgan fingerprint density at radius 2 is 2.05 bits per heavy atom. The quantitative estimate of drug-likeness (QED) is 0.870. The van der Waals surface area contributed by atoms with Crippen LogP contribution in [-0.2, 0) is 16.9 Å². The maximum Gasteiger partial charge on any atom is 0.325 e. The molecule has 1 saturated heterocycles. The van der Waals surface area contributed by atoms with E-state index in [2.05, 4.69) is 14.9 Å². The van der Waals surface area contributed by atoms with E-state index in [0.717, 1.165) is 16.4 Å². The van der Waals surface area contributed by atoms with Crippen LogP contribution < -0.4 is 5.32 Å². The third kappa shape index (κ3) is 2.34. The number of aromatic nitrogens is 2. The summed E-state index contributed by atoms with van der Waals surface area (Å²) in [5.74, 6) is -0.866. The van der Waals surface area contributed by atoms with Gasteiger partial charge in [0.15, 0.2) is 0 Å². The number of urea groups is 1. The Morgan fingerprint density at radius 3 is 2.64 bits per heavy atom. The van der Waals surface area contributed by atoms with Crippen LogP contribution in [0.4, 0.5) is 9.18 Å². The van der Waals surface area contributed by atoms with Gasteiger partial charge in [0.2, 0.25) is 0 Å². The van der Waals surface area contributed by atoms with Gasteiger partial charge in [0, 0.05) is 11.5 Å². The molecule has 1 aliphatic rings. The number of nitrogens with one attached hydrogen (secondary N) is 1. The summed E-state index contributed by atoms with van der Waals surface area (Å²) >= 11 is 6.88. The van der Waals surface area contributed by atoms with Crippen LogP contribution in [0.25, 0.3) is 0 Å². The molecule has 2 aromatic rings.